The van der Waals surface area contributed by atoms with E-state index in [1.54, 1.807) is 36.1 Å². The van der Waals surface area contributed by atoms with Crippen molar-refractivity contribution in [2.24, 2.45) is 5.92 Å². The third-order valence-electron chi connectivity index (χ3n) is 8.19. The normalized spacial score (nSPS) is 25.2. The van der Waals surface area contributed by atoms with E-state index in [0.29, 0.717) is 19.4 Å². The lowest BCUT2D eigenvalue weighted by Gasteiger charge is -2.42. The molecule has 2 aliphatic rings. The zero-order valence-corrected chi connectivity index (χ0v) is 25.8. The molecule has 1 aliphatic carbocycles. The van der Waals surface area contributed by atoms with Gasteiger partial charge in [-0.3, -0.25) is 9.59 Å². The zero-order chi connectivity index (χ0) is 30.9. The number of nitrogens with zero attached hydrogens (tertiary/aromatic N) is 1. The Kier molecular flexibility index (Phi) is 9.69. The number of likely N-dealkylation sites (tertiary alicyclic amines) is 1. The second kappa shape index (κ2) is 12.6. The molecule has 4 rings (SSSR count). The van der Waals surface area contributed by atoms with Gasteiger partial charge in [0.05, 0.1) is 16.2 Å². The van der Waals surface area contributed by atoms with Gasteiger partial charge in [0.2, 0.25) is 5.91 Å². The lowest BCUT2D eigenvalue weighted by molar-refractivity contribution is -0.138. The van der Waals surface area contributed by atoms with Gasteiger partial charge in [-0.1, -0.05) is 19.9 Å². The second-order valence-corrected chi connectivity index (χ2v) is 14.6. The van der Waals surface area contributed by atoms with Gasteiger partial charge in [-0.15, -0.1) is 11.8 Å². The fourth-order valence-electron chi connectivity index (χ4n) is 6.08. The van der Waals surface area contributed by atoms with Gasteiger partial charge in [0.15, 0.2) is 9.84 Å². The smallest absolute Gasteiger partial charge is 0.338 e. The number of carbonyl (C=O) groups is 2. The molecular formula is C30H38F3N3O4S2. The molecule has 230 valence electrons. The fraction of sp³-hybridized carbons (Fsp3) is 0.533. The SMILES string of the molecule is CSc1ccc(S(=O)(=O)CC2CC(NC(C)C)CCC2N2CCC(C)(NC(=O)c3cccc(C(F)(F)F)c3)C2=O)cc1. The molecule has 0 bridgehead atoms. The Balaban J connectivity index is 1.54. The molecule has 0 aromatic heterocycles. The minimum absolute atomic E-state index is 0.102. The number of hydrogen-bond donors (Lipinski definition) is 2. The van der Waals surface area contributed by atoms with Crippen molar-refractivity contribution < 1.29 is 31.2 Å². The Morgan fingerprint density at radius 1 is 1.14 bits per heavy atom. The first-order chi connectivity index (χ1) is 19.6. The fourth-order valence-corrected chi connectivity index (χ4v) is 8.16. The van der Waals surface area contributed by atoms with E-state index in [1.807, 2.05) is 20.1 Å². The average Bonchev–Trinajstić information content (AvgIpc) is 3.21. The molecule has 1 heterocycles. The van der Waals surface area contributed by atoms with E-state index < -0.39 is 33.0 Å². The molecule has 1 aliphatic heterocycles. The Morgan fingerprint density at radius 3 is 2.45 bits per heavy atom. The van der Waals surface area contributed by atoms with Gasteiger partial charge in [-0.05, 0) is 87.2 Å². The van der Waals surface area contributed by atoms with Crippen molar-refractivity contribution in [1.82, 2.24) is 15.5 Å². The number of alkyl halides is 3. The highest BCUT2D eigenvalue weighted by Crippen LogP contribution is 2.37. The van der Waals surface area contributed by atoms with Crippen LogP contribution in [0.25, 0.3) is 0 Å². The highest BCUT2D eigenvalue weighted by atomic mass is 32.2. The monoisotopic (exact) mass is 625 g/mol. The summed E-state index contributed by atoms with van der Waals surface area (Å²) in [6.07, 6.45) is -0.493. The summed E-state index contributed by atoms with van der Waals surface area (Å²) in [4.78, 5) is 29.6. The number of amides is 2. The molecule has 1 saturated heterocycles. The molecule has 0 radical (unpaired) electrons. The Morgan fingerprint density at radius 2 is 1.83 bits per heavy atom. The van der Waals surface area contributed by atoms with Gasteiger partial charge < -0.3 is 15.5 Å². The summed E-state index contributed by atoms with van der Waals surface area (Å²) in [5, 5.41) is 6.19. The summed E-state index contributed by atoms with van der Waals surface area (Å²) < 4.78 is 66.6. The number of carbonyl (C=O) groups excluding carboxylic acids is 2. The number of benzene rings is 2. The van der Waals surface area contributed by atoms with E-state index in [1.165, 1.54) is 17.8 Å². The minimum Gasteiger partial charge on any atom is -0.338 e. The predicted octanol–water partition coefficient (Wildman–Crippen LogP) is 5.16. The number of hydrogen-bond acceptors (Lipinski definition) is 6. The molecule has 2 aromatic carbocycles. The van der Waals surface area contributed by atoms with E-state index in [0.717, 1.165) is 29.5 Å². The first-order valence-electron chi connectivity index (χ1n) is 14.1. The maximum absolute atomic E-state index is 13.8. The van der Waals surface area contributed by atoms with Crippen molar-refractivity contribution in [3.63, 3.8) is 0 Å². The second-order valence-electron chi connectivity index (χ2n) is 11.7. The van der Waals surface area contributed by atoms with Crippen LogP contribution in [0.5, 0.6) is 0 Å². The number of thioether (sulfide) groups is 1. The van der Waals surface area contributed by atoms with Crippen LogP contribution in [-0.2, 0) is 20.8 Å². The van der Waals surface area contributed by atoms with E-state index in [2.05, 4.69) is 10.6 Å². The molecule has 2 N–H and O–H groups in total. The first-order valence-corrected chi connectivity index (χ1v) is 16.9. The van der Waals surface area contributed by atoms with Crippen molar-refractivity contribution in [3.8, 4) is 0 Å². The first kappa shape index (κ1) is 32.3. The number of sulfone groups is 1. The Hall–Kier alpha value is -2.57. The molecule has 12 heteroatoms. The highest BCUT2D eigenvalue weighted by molar-refractivity contribution is 7.98. The van der Waals surface area contributed by atoms with Crippen LogP contribution in [0.1, 0.15) is 62.4 Å². The van der Waals surface area contributed by atoms with E-state index in [9.17, 15) is 31.2 Å². The van der Waals surface area contributed by atoms with Crippen LogP contribution in [0.2, 0.25) is 0 Å². The quantitative estimate of drug-likeness (QED) is 0.374. The van der Waals surface area contributed by atoms with Gasteiger partial charge in [-0.2, -0.15) is 13.2 Å². The van der Waals surface area contributed by atoms with Gasteiger partial charge in [-0.25, -0.2) is 8.42 Å². The van der Waals surface area contributed by atoms with Gasteiger partial charge in [0.1, 0.15) is 5.54 Å². The third-order valence-corrected chi connectivity index (χ3v) is 10.8. The minimum atomic E-state index is -4.60. The Bertz CT molecular complexity index is 1400. The number of rotatable bonds is 9. The van der Waals surface area contributed by atoms with Crippen molar-refractivity contribution in [3.05, 3.63) is 59.7 Å². The summed E-state index contributed by atoms with van der Waals surface area (Å²) in [6.45, 7) is 5.96. The summed E-state index contributed by atoms with van der Waals surface area (Å²) in [6, 6.07) is 10.8. The number of halogens is 3. The standard InChI is InChI=1S/C30H38F3N3O4S2/c1-19(2)34-23-8-13-26(21(17-23)18-42(39,40)25-11-9-24(41-4)10-12-25)36-15-14-29(3,28(36)38)35-27(37)20-6-5-7-22(16-20)30(31,32)33/h5-7,9-12,16,19,21,23,26,34H,8,13-15,17-18H2,1-4H3,(H,35,37). The molecule has 4 atom stereocenters. The summed E-state index contributed by atoms with van der Waals surface area (Å²) in [5.41, 5.74) is -2.46. The van der Waals surface area contributed by atoms with Crippen LogP contribution in [0.4, 0.5) is 13.2 Å². The van der Waals surface area contributed by atoms with Crippen LogP contribution in [-0.4, -0.2) is 67.3 Å². The van der Waals surface area contributed by atoms with Crippen molar-refractivity contribution in [1.29, 1.82) is 0 Å². The van der Waals surface area contributed by atoms with Crippen LogP contribution in [0, 0.1) is 5.92 Å². The molecule has 2 aromatic rings. The Labute approximate surface area is 249 Å². The maximum atomic E-state index is 13.8. The van der Waals surface area contributed by atoms with E-state index in [-0.39, 0.29) is 52.6 Å². The third kappa shape index (κ3) is 7.31. The molecule has 42 heavy (non-hydrogen) atoms. The van der Waals surface area contributed by atoms with Gasteiger partial charge >= 0.3 is 6.18 Å². The van der Waals surface area contributed by atoms with Crippen molar-refractivity contribution in [2.75, 3.05) is 18.6 Å². The molecule has 4 unspecified atom stereocenters. The summed E-state index contributed by atoms with van der Waals surface area (Å²) in [5.74, 6) is -1.58. The highest BCUT2D eigenvalue weighted by Gasteiger charge is 2.49. The largest absolute Gasteiger partial charge is 0.416 e. The van der Waals surface area contributed by atoms with Crippen LogP contribution in [0.3, 0.4) is 0 Å². The van der Waals surface area contributed by atoms with Crippen molar-refractivity contribution >= 4 is 33.4 Å². The van der Waals surface area contributed by atoms with Gasteiger partial charge in [0.25, 0.3) is 5.91 Å². The lowest BCUT2D eigenvalue weighted by Crippen LogP contribution is -2.56. The zero-order valence-electron chi connectivity index (χ0n) is 24.2. The van der Waals surface area contributed by atoms with Crippen LogP contribution < -0.4 is 10.6 Å². The summed E-state index contributed by atoms with van der Waals surface area (Å²) in [7, 11) is -3.65. The van der Waals surface area contributed by atoms with Crippen LogP contribution in [0.15, 0.2) is 58.3 Å². The summed E-state index contributed by atoms with van der Waals surface area (Å²) >= 11 is 1.52. The topological polar surface area (TPSA) is 95.6 Å². The van der Waals surface area contributed by atoms with E-state index in [4.69, 9.17) is 0 Å². The van der Waals surface area contributed by atoms with Crippen molar-refractivity contribution in [2.45, 2.75) is 86.1 Å². The lowest BCUT2D eigenvalue weighted by atomic mass is 9.81. The maximum Gasteiger partial charge on any atom is 0.416 e. The number of nitrogens with one attached hydrogen (secondary N) is 2. The van der Waals surface area contributed by atoms with Gasteiger partial charge in [0, 0.05) is 35.1 Å². The van der Waals surface area contributed by atoms with E-state index >= 15 is 0 Å². The molecule has 7 nitrogen and oxygen atoms in total. The molecule has 1 saturated carbocycles. The molecular weight excluding hydrogens is 587 g/mol. The molecule has 0 spiro atoms. The average molecular weight is 626 g/mol. The molecule has 2 fully saturated rings. The van der Waals surface area contributed by atoms with Crippen LogP contribution >= 0.6 is 11.8 Å². The predicted molar refractivity (Wildman–Crippen MR) is 157 cm³/mol. The molecule has 2 amide bonds.